The van der Waals surface area contributed by atoms with Crippen LogP contribution in [0.25, 0.3) is 12.2 Å². The summed E-state index contributed by atoms with van der Waals surface area (Å²) in [6.45, 7) is 1.06. The topological polar surface area (TPSA) is 352 Å². The van der Waals surface area contributed by atoms with Crippen molar-refractivity contribution < 1.29 is 121 Å². The summed E-state index contributed by atoms with van der Waals surface area (Å²) in [5.41, 5.74) is 0.812. The number of aliphatic hydroxyl groups excluding tert-OH is 4. The summed E-state index contributed by atoms with van der Waals surface area (Å²) in [6.07, 6.45) is -20.7. The first-order valence-electron chi connectivity index (χ1n) is 21.7. The zero-order valence-electron chi connectivity index (χ0n) is 38.7. The Hall–Kier alpha value is -6.55. The summed E-state index contributed by atoms with van der Waals surface area (Å²) in [5, 5.41) is 63.6. The molecule has 3 saturated heterocycles. The third kappa shape index (κ3) is 15.0. The van der Waals surface area contributed by atoms with E-state index < -0.39 is 154 Å². The summed E-state index contributed by atoms with van der Waals surface area (Å²) in [6, 6.07) is 11.1. The van der Waals surface area contributed by atoms with Crippen molar-refractivity contribution in [3.8, 4) is 11.5 Å². The Morgan fingerprint density at radius 2 is 1.01 bits per heavy atom. The maximum atomic E-state index is 13.8. The average Bonchev–Trinajstić information content (AvgIpc) is 3.57. The number of phenolic OH excluding ortho intramolecular Hbond substituents is 2. The van der Waals surface area contributed by atoms with Gasteiger partial charge >= 0.3 is 41.8 Å². The van der Waals surface area contributed by atoms with E-state index in [2.05, 4.69) is 0 Å². The monoisotopic (exact) mass is 1010 g/mol. The first-order valence-corrected chi connectivity index (χ1v) is 21.7. The molecule has 25 nitrogen and oxygen atoms in total. The number of aromatic hydroxyl groups is 2. The van der Waals surface area contributed by atoms with Crippen molar-refractivity contribution in [1.82, 2.24) is 0 Å². The molecule has 14 unspecified atom stereocenters. The van der Waals surface area contributed by atoms with Crippen LogP contribution in [0, 0.1) is 0 Å². The highest BCUT2D eigenvalue weighted by molar-refractivity contribution is 5.88. The van der Waals surface area contributed by atoms with Crippen molar-refractivity contribution in [3.05, 3.63) is 71.8 Å². The Kier molecular flexibility index (Phi) is 19.5. The number of rotatable bonds is 19. The fraction of sp³-hybridized carbons (Fsp3) is 0.500. The molecule has 14 atom stereocenters. The van der Waals surface area contributed by atoms with Gasteiger partial charge in [-0.2, -0.15) is 0 Å². The molecule has 0 aromatic heterocycles. The maximum Gasteiger partial charge on any atom is 0.331 e. The lowest BCUT2D eigenvalue weighted by Crippen LogP contribution is -2.68. The Morgan fingerprint density at radius 1 is 0.549 bits per heavy atom. The van der Waals surface area contributed by atoms with Crippen molar-refractivity contribution in [2.24, 2.45) is 0 Å². The van der Waals surface area contributed by atoms with Crippen molar-refractivity contribution in [3.63, 3.8) is 0 Å². The summed E-state index contributed by atoms with van der Waals surface area (Å²) in [5.74, 6) is -10.1. The molecule has 3 aliphatic rings. The molecule has 0 bridgehead atoms. The Bertz CT molecular complexity index is 2240. The minimum atomic E-state index is -2.74. The second-order valence-electron chi connectivity index (χ2n) is 16.0. The van der Waals surface area contributed by atoms with Gasteiger partial charge < -0.3 is 87.5 Å². The molecule has 3 aliphatic heterocycles. The minimum Gasteiger partial charge on any atom is -0.508 e. The molecular weight excluding hydrogens is 952 g/mol. The first kappa shape index (κ1) is 55.4. The second-order valence-corrected chi connectivity index (χ2v) is 16.0. The van der Waals surface area contributed by atoms with Crippen LogP contribution in [-0.4, -0.2) is 184 Å². The number of benzene rings is 2. The second kappa shape index (κ2) is 25.0. The predicted octanol–water partition coefficient (Wildman–Crippen LogP) is -0.778. The lowest BCUT2D eigenvalue weighted by atomic mass is 9.96. The van der Waals surface area contributed by atoms with E-state index in [-0.39, 0.29) is 11.5 Å². The van der Waals surface area contributed by atoms with Crippen LogP contribution in [0.5, 0.6) is 11.5 Å². The van der Waals surface area contributed by atoms with Crippen LogP contribution in [0.3, 0.4) is 0 Å². The number of phenols is 2. The number of esters is 7. The van der Waals surface area contributed by atoms with Crippen molar-refractivity contribution in [2.75, 3.05) is 26.4 Å². The molecule has 25 heteroatoms. The Morgan fingerprint density at radius 3 is 1.49 bits per heavy atom. The fourth-order valence-electron chi connectivity index (χ4n) is 7.51. The highest BCUT2D eigenvalue weighted by Gasteiger charge is 2.63. The number of hydrogen-bond acceptors (Lipinski definition) is 25. The Labute approximate surface area is 404 Å². The van der Waals surface area contributed by atoms with Crippen LogP contribution in [0.2, 0.25) is 0 Å². The third-order valence-electron chi connectivity index (χ3n) is 10.6. The molecule has 3 fully saturated rings. The largest absolute Gasteiger partial charge is 0.508 e. The van der Waals surface area contributed by atoms with Gasteiger partial charge in [0.05, 0.1) is 6.61 Å². The van der Waals surface area contributed by atoms with Crippen LogP contribution in [-0.2, 0) is 90.4 Å². The number of aliphatic hydroxyl groups is 4. The van der Waals surface area contributed by atoms with E-state index in [1.807, 2.05) is 0 Å². The molecule has 0 saturated carbocycles. The smallest absolute Gasteiger partial charge is 0.331 e. The van der Waals surface area contributed by atoms with Gasteiger partial charge in [0.2, 0.25) is 12.1 Å². The first-order chi connectivity index (χ1) is 33.6. The average molecular weight is 1010 g/mol. The zero-order valence-corrected chi connectivity index (χ0v) is 38.7. The fourth-order valence-corrected chi connectivity index (χ4v) is 7.51. The van der Waals surface area contributed by atoms with Crippen LogP contribution >= 0.6 is 0 Å². The molecule has 0 aliphatic carbocycles. The maximum absolute atomic E-state index is 13.8. The van der Waals surface area contributed by atoms with Gasteiger partial charge in [0.25, 0.3) is 0 Å². The van der Waals surface area contributed by atoms with E-state index >= 15 is 0 Å². The number of hydrogen-bond donors (Lipinski definition) is 6. The molecule has 6 N–H and O–H groups in total. The van der Waals surface area contributed by atoms with Crippen LogP contribution < -0.4 is 0 Å². The van der Waals surface area contributed by atoms with Gasteiger partial charge in [-0.05, 0) is 47.5 Å². The van der Waals surface area contributed by atoms with E-state index in [1.54, 1.807) is 0 Å². The SMILES string of the molecule is CC(=O)OCC1OC(OC2C(OC(=O)C=Cc3ccc(O)cc3)C(COC(C)=O)OC(OC3(CO)OC(CO)C(O)C3OC(=O)C=Cc3ccc(O)cc3)C2OC(C)=O)C(OC(C)=O)C(O)C1OC(C)=O. The van der Waals surface area contributed by atoms with E-state index in [0.717, 1.165) is 46.8 Å². The summed E-state index contributed by atoms with van der Waals surface area (Å²) in [7, 11) is 0. The highest BCUT2D eigenvalue weighted by atomic mass is 16.8. The van der Waals surface area contributed by atoms with Gasteiger partial charge in [0.15, 0.2) is 36.8 Å². The van der Waals surface area contributed by atoms with E-state index in [9.17, 15) is 64.2 Å². The zero-order chi connectivity index (χ0) is 52.2. The standard InChI is InChI=1S/C46H54O25/c1-22(49)60-19-32-38(62-24(3)51)37(59)40(63-25(4)52)44(65-32)69-41-39(67-34(56)16-10-27-6-12-29(54)13-7-27)33(20-61-23(2)50)66-45(42(41)64-26(5)53)71-46(21-48)43(36(58)31(18-47)70-46)68-35(57)17-11-28-8-14-30(55)15-9-28/h6-17,31-33,36-45,47-48,54-55,58-59H,18-21H2,1-5H3. The van der Waals surface area contributed by atoms with E-state index in [4.69, 9.17) is 56.8 Å². The molecule has 71 heavy (non-hydrogen) atoms. The normalized spacial score (nSPS) is 30.5. The number of carbonyl (C=O) groups excluding carboxylic acids is 7. The van der Waals surface area contributed by atoms with Crippen molar-refractivity contribution in [2.45, 2.75) is 120 Å². The van der Waals surface area contributed by atoms with Gasteiger partial charge in [-0.15, -0.1) is 0 Å². The van der Waals surface area contributed by atoms with E-state index in [0.29, 0.717) is 11.1 Å². The molecule has 3 heterocycles. The van der Waals surface area contributed by atoms with E-state index in [1.165, 1.54) is 60.7 Å². The van der Waals surface area contributed by atoms with Gasteiger partial charge in [-0.1, -0.05) is 24.3 Å². The molecular formula is C46H54O25. The molecule has 0 amide bonds. The van der Waals surface area contributed by atoms with Crippen molar-refractivity contribution in [1.29, 1.82) is 0 Å². The minimum absolute atomic E-state index is 0.0630. The lowest BCUT2D eigenvalue weighted by molar-refractivity contribution is -0.399. The lowest BCUT2D eigenvalue weighted by Gasteiger charge is -2.49. The molecule has 2 aromatic carbocycles. The predicted molar refractivity (Wildman–Crippen MR) is 231 cm³/mol. The van der Waals surface area contributed by atoms with Gasteiger partial charge in [-0.3, -0.25) is 24.0 Å². The number of carbonyl (C=O) groups is 7. The van der Waals surface area contributed by atoms with Crippen molar-refractivity contribution >= 4 is 53.9 Å². The summed E-state index contributed by atoms with van der Waals surface area (Å²) < 4.78 is 68.9. The summed E-state index contributed by atoms with van der Waals surface area (Å²) >= 11 is 0. The molecule has 388 valence electrons. The summed E-state index contributed by atoms with van der Waals surface area (Å²) in [4.78, 5) is 89.2. The molecule has 2 aromatic rings. The quantitative estimate of drug-likeness (QED) is 0.0571. The van der Waals surface area contributed by atoms with Gasteiger partial charge in [-0.25, -0.2) is 9.59 Å². The van der Waals surface area contributed by atoms with Gasteiger partial charge in [0.1, 0.15) is 67.9 Å². The molecule has 0 spiro atoms. The molecule has 0 radical (unpaired) electrons. The molecule has 5 rings (SSSR count). The van der Waals surface area contributed by atoms with Crippen LogP contribution in [0.1, 0.15) is 45.7 Å². The third-order valence-corrected chi connectivity index (χ3v) is 10.6. The number of ether oxygens (including phenoxy) is 12. The van der Waals surface area contributed by atoms with Crippen LogP contribution in [0.15, 0.2) is 60.7 Å². The highest BCUT2D eigenvalue weighted by Crippen LogP contribution is 2.41. The van der Waals surface area contributed by atoms with Crippen LogP contribution in [0.4, 0.5) is 0 Å². The Balaban J connectivity index is 1.63. The van der Waals surface area contributed by atoms with Gasteiger partial charge in [0, 0.05) is 46.8 Å².